The van der Waals surface area contributed by atoms with Crippen LogP contribution in [0.15, 0.2) is 42.6 Å². The molecule has 1 aromatic heterocycles. The van der Waals surface area contributed by atoms with Crippen molar-refractivity contribution >= 4 is 29.4 Å². The average molecular weight is 418 g/mol. The van der Waals surface area contributed by atoms with Crippen molar-refractivity contribution in [1.29, 1.82) is 0 Å². The molecule has 3 N–H and O–H groups in total. The molecule has 3 rings (SSSR count). The molecule has 1 aromatic carbocycles. The fourth-order valence-corrected chi connectivity index (χ4v) is 3.50. The second-order valence-electron chi connectivity index (χ2n) is 6.91. The first-order valence-corrected chi connectivity index (χ1v) is 9.75. The molecule has 2 heterocycles. The topological polar surface area (TPSA) is 103 Å². The van der Waals surface area contributed by atoms with Gasteiger partial charge in [-0.3, -0.25) is 14.6 Å². The van der Waals surface area contributed by atoms with E-state index in [9.17, 15) is 9.59 Å². The fourth-order valence-electron chi connectivity index (χ4n) is 3.31. The van der Waals surface area contributed by atoms with Crippen LogP contribution in [-0.4, -0.2) is 77.7 Å². The third kappa shape index (κ3) is 5.82. The van der Waals surface area contributed by atoms with Gasteiger partial charge in [0.05, 0.1) is 0 Å². The Hall–Kier alpha value is -2.84. The van der Waals surface area contributed by atoms with Crippen molar-refractivity contribution in [2.24, 2.45) is 5.73 Å². The minimum atomic E-state index is -1.13. The van der Waals surface area contributed by atoms with Crippen LogP contribution in [0.25, 0.3) is 11.1 Å². The summed E-state index contributed by atoms with van der Waals surface area (Å²) in [4.78, 5) is 32.2. The molecule has 154 valence electrons. The molecule has 0 aliphatic carbocycles. The van der Waals surface area contributed by atoms with Crippen LogP contribution in [-0.2, 0) is 4.79 Å². The minimum absolute atomic E-state index is 0.255. The Morgan fingerprint density at radius 3 is 2.48 bits per heavy atom. The Morgan fingerprint density at radius 1 is 1.14 bits per heavy atom. The summed E-state index contributed by atoms with van der Waals surface area (Å²) in [6, 6.07) is 11.7. The van der Waals surface area contributed by atoms with E-state index >= 15 is 0 Å². The summed E-state index contributed by atoms with van der Waals surface area (Å²) >= 11 is 6.06. The summed E-state index contributed by atoms with van der Waals surface area (Å²) in [5, 5.41) is 9.83. The van der Waals surface area contributed by atoms with Gasteiger partial charge in [0.2, 0.25) is 5.91 Å². The van der Waals surface area contributed by atoms with Crippen molar-refractivity contribution in [3.63, 3.8) is 0 Å². The fraction of sp³-hybridized carbons (Fsp3) is 0.350. The Kier molecular flexibility index (Phi) is 6.90. The molecule has 8 nitrogen and oxygen atoms in total. The van der Waals surface area contributed by atoms with Gasteiger partial charge >= 0.3 is 6.09 Å². The van der Waals surface area contributed by atoms with Crippen LogP contribution in [0.1, 0.15) is 0 Å². The lowest BCUT2D eigenvalue weighted by Gasteiger charge is -2.36. The summed E-state index contributed by atoms with van der Waals surface area (Å²) in [5.74, 6) is 0.265. The van der Waals surface area contributed by atoms with E-state index in [2.05, 4.69) is 14.8 Å². The van der Waals surface area contributed by atoms with Crippen LogP contribution in [0, 0.1) is 0 Å². The zero-order valence-electron chi connectivity index (χ0n) is 16.0. The van der Waals surface area contributed by atoms with E-state index in [0.717, 1.165) is 48.0 Å². The molecular formula is C20H24ClN5O3. The highest BCUT2D eigenvalue weighted by molar-refractivity contribution is 6.30. The molecule has 0 atom stereocenters. The summed E-state index contributed by atoms with van der Waals surface area (Å²) in [6.07, 6.45) is 0.716. The predicted molar refractivity (Wildman–Crippen MR) is 112 cm³/mol. The van der Waals surface area contributed by atoms with Crippen LogP contribution in [0.4, 0.5) is 10.6 Å². The van der Waals surface area contributed by atoms with Crippen molar-refractivity contribution in [1.82, 2.24) is 14.8 Å². The molecular weight excluding hydrogens is 394 g/mol. The van der Waals surface area contributed by atoms with Crippen LogP contribution >= 0.6 is 11.6 Å². The minimum Gasteiger partial charge on any atom is -0.465 e. The lowest BCUT2D eigenvalue weighted by Crippen LogP contribution is -2.49. The van der Waals surface area contributed by atoms with Crippen LogP contribution in [0.5, 0.6) is 0 Å². The van der Waals surface area contributed by atoms with Crippen LogP contribution in [0.3, 0.4) is 0 Å². The maximum absolute atomic E-state index is 11.2. The number of piperazine rings is 1. The molecule has 2 aromatic rings. The van der Waals surface area contributed by atoms with Gasteiger partial charge in [-0.15, -0.1) is 0 Å². The van der Waals surface area contributed by atoms with Gasteiger partial charge in [-0.05, 0) is 29.8 Å². The molecule has 2 amide bonds. The summed E-state index contributed by atoms with van der Waals surface area (Å²) in [5.41, 5.74) is 7.14. The third-order valence-electron chi connectivity index (χ3n) is 4.91. The van der Waals surface area contributed by atoms with E-state index in [1.807, 2.05) is 42.6 Å². The molecule has 0 unspecified atom stereocenters. The first-order valence-electron chi connectivity index (χ1n) is 9.38. The van der Waals surface area contributed by atoms with E-state index in [0.29, 0.717) is 11.6 Å². The van der Waals surface area contributed by atoms with Crippen molar-refractivity contribution in [3.05, 3.63) is 47.6 Å². The number of carbonyl (C=O) groups is 2. The lowest BCUT2D eigenvalue weighted by molar-refractivity contribution is -0.118. The van der Waals surface area contributed by atoms with Crippen LogP contribution < -0.4 is 10.6 Å². The number of rotatable bonds is 7. The molecule has 0 radical (unpaired) electrons. The van der Waals surface area contributed by atoms with Crippen molar-refractivity contribution in [2.45, 2.75) is 0 Å². The molecule has 1 fully saturated rings. The SMILES string of the molecule is NC(=O)CN(CCN1CCN(c2ccc(-c3cccc(Cl)c3)cn2)CC1)C(=O)O. The predicted octanol–water partition coefficient (Wildman–Crippen LogP) is 1.99. The molecule has 1 aliphatic heterocycles. The molecule has 0 bridgehead atoms. The Balaban J connectivity index is 1.51. The summed E-state index contributed by atoms with van der Waals surface area (Å²) < 4.78 is 0. The second-order valence-corrected chi connectivity index (χ2v) is 7.35. The zero-order chi connectivity index (χ0) is 20.8. The number of benzene rings is 1. The molecule has 1 aliphatic rings. The van der Waals surface area contributed by atoms with Gasteiger partial charge in [-0.2, -0.15) is 0 Å². The number of nitrogens with two attached hydrogens (primary N) is 1. The van der Waals surface area contributed by atoms with Gasteiger partial charge in [-0.25, -0.2) is 9.78 Å². The number of anilines is 1. The number of carbonyl (C=O) groups excluding carboxylic acids is 1. The number of hydrogen-bond donors (Lipinski definition) is 2. The van der Waals surface area contributed by atoms with Gasteiger partial charge in [-0.1, -0.05) is 23.7 Å². The Bertz CT molecular complexity index is 853. The molecule has 0 saturated carbocycles. The average Bonchev–Trinajstić information content (AvgIpc) is 2.71. The highest BCUT2D eigenvalue weighted by Crippen LogP contribution is 2.24. The molecule has 0 spiro atoms. The molecule has 9 heteroatoms. The maximum atomic E-state index is 11.2. The summed E-state index contributed by atoms with van der Waals surface area (Å²) in [6.45, 7) is 3.72. The van der Waals surface area contributed by atoms with Gasteiger partial charge in [0, 0.05) is 56.1 Å². The van der Waals surface area contributed by atoms with Crippen molar-refractivity contribution in [2.75, 3.05) is 50.7 Å². The quantitative estimate of drug-likeness (QED) is 0.714. The molecule has 29 heavy (non-hydrogen) atoms. The number of hydrogen-bond acceptors (Lipinski definition) is 5. The maximum Gasteiger partial charge on any atom is 0.407 e. The van der Waals surface area contributed by atoms with Gasteiger partial charge in [0.25, 0.3) is 0 Å². The van der Waals surface area contributed by atoms with Gasteiger partial charge in [0.15, 0.2) is 0 Å². The first-order chi connectivity index (χ1) is 13.9. The summed E-state index contributed by atoms with van der Waals surface area (Å²) in [7, 11) is 0. The monoisotopic (exact) mass is 417 g/mol. The number of amides is 2. The number of primary amides is 1. The largest absolute Gasteiger partial charge is 0.465 e. The van der Waals surface area contributed by atoms with E-state index < -0.39 is 12.0 Å². The lowest BCUT2D eigenvalue weighted by atomic mass is 10.1. The number of carboxylic acid groups (broad SMARTS) is 1. The van der Waals surface area contributed by atoms with Crippen molar-refractivity contribution in [3.8, 4) is 11.1 Å². The van der Waals surface area contributed by atoms with E-state index in [1.54, 1.807) is 0 Å². The second kappa shape index (κ2) is 9.58. The Morgan fingerprint density at radius 2 is 1.90 bits per heavy atom. The number of pyridine rings is 1. The smallest absolute Gasteiger partial charge is 0.407 e. The van der Waals surface area contributed by atoms with E-state index in [4.69, 9.17) is 22.4 Å². The molecule has 1 saturated heterocycles. The van der Waals surface area contributed by atoms with Crippen LogP contribution in [0.2, 0.25) is 5.02 Å². The number of aromatic nitrogens is 1. The van der Waals surface area contributed by atoms with E-state index in [1.165, 1.54) is 0 Å². The first kappa shape index (κ1) is 20.9. The Labute approximate surface area is 174 Å². The normalized spacial score (nSPS) is 14.6. The number of nitrogens with zero attached hydrogens (tertiary/aromatic N) is 4. The highest BCUT2D eigenvalue weighted by Gasteiger charge is 2.20. The van der Waals surface area contributed by atoms with Gasteiger partial charge < -0.3 is 15.7 Å². The zero-order valence-corrected chi connectivity index (χ0v) is 16.8. The van der Waals surface area contributed by atoms with Gasteiger partial charge in [0.1, 0.15) is 12.4 Å². The third-order valence-corrected chi connectivity index (χ3v) is 5.14. The van der Waals surface area contributed by atoms with E-state index in [-0.39, 0.29) is 13.1 Å². The highest BCUT2D eigenvalue weighted by atomic mass is 35.5. The number of halogens is 1. The standard InChI is InChI=1S/C20H24ClN5O3/c21-17-3-1-2-15(12-17)16-4-5-19(23-13-16)25-9-6-24(7-10-25)8-11-26(20(28)29)14-18(22)27/h1-5,12-13H,6-11,14H2,(H2,22,27)(H,28,29). The van der Waals surface area contributed by atoms with Crippen molar-refractivity contribution < 1.29 is 14.7 Å².